The molecule has 0 bridgehead atoms. The average molecular weight is 333 g/mol. The number of hydrogen-bond acceptors (Lipinski definition) is 4. The van der Waals surface area contributed by atoms with E-state index in [-0.39, 0.29) is 12.1 Å². The van der Waals surface area contributed by atoms with Crippen LogP contribution in [0.4, 0.5) is 8.78 Å². The van der Waals surface area contributed by atoms with Crippen molar-refractivity contribution in [3.05, 3.63) is 29.8 Å². The lowest BCUT2D eigenvalue weighted by Gasteiger charge is -2.21. The number of carbonyl (C=O) groups excluding carboxylic acids is 1. The topological polar surface area (TPSA) is 91.8 Å². The number of halogens is 2. The van der Waals surface area contributed by atoms with Crippen LogP contribution in [0.15, 0.2) is 29.2 Å². The van der Waals surface area contributed by atoms with Crippen molar-refractivity contribution in [3.63, 3.8) is 0 Å². The normalized spacial score (nSPS) is 18.7. The summed E-state index contributed by atoms with van der Waals surface area (Å²) in [6, 6.07) is 3.13. The lowest BCUT2D eigenvalue weighted by Crippen LogP contribution is -2.40. The number of benzene rings is 1. The van der Waals surface area contributed by atoms with Gasteiger partial charge in [0.15, 0.2) is 0 Å². The zero-order chi connectivity index (χ0) is 16.5. The van der Waals surface area contributed by atoms with E-state index >= 15 is 0 Å². The highest BCUT2D eigenvalue weighted by Crippen LogP contribution is 2.22. The van der Waals surface area contributed by atoms with Gasteiger partial charge in [0.05, 0.1) is 4.90 Å². The van der Waals surface area contributed by atoms with Crippen molar-refractivity contribution < 1.29 is 31.9 Å². The third-order valence-electron chi connectivity index (χ3n) is 3.46. The number of carboxylic acid groups (broad SMARTS) is 1. The van der Waals surface area contributed by atoms with Crippen LogP contribution >= 0.6 is 0 Å². The van der Waals surface area contributed by atoms with Crippen molar-refractivity contribution in [2.45, 2.75) is 29.5 Å². The molecule has 9 heteroatoms. The Morgan fingerprint density at radius 3 is 2.32 bits per heavy atom. The summed E-state index contributed by atoms with van der Waals surface area (Å²) < 4.78 is 47.4. The molecule has 0 spiro atoms. The van der Waals surface area contributed by atoms with Crippen LogP contribution in [0.5, 0.6) is 0 Å². The number of alkyl halides is 2. The molecule has 1 amide bonds. The lowest BCUT2D eigenvalue weighted by atomic mass is 10.1. The molecule has 2 rings (SSSR count). The summed E-state index contributed by atoms with van der Waals surface area (Å²) >= 11 is 0. The monoisotopic (exact) mass is 333 g/mol. The highest BCUT2D eigenvalue weighted by atomic mass is 32.2. The predicted octanol–water partition coefficient (Wildman–Crippen LogP) is 1.37. The minimum Gasteiger partial charge on any atom is -0.480 e. The highest BCUT2D eigenvalue weighted by molar-refractivity contribution is 7.91. The summed E-state index contributed by atoms with van der Waals surface area (Å²) in [4.78, 5) is 23.9. The van der Waals surface area contributed by atoms with Crippen LogP contribution in [-0.2, 0) is 14.6 Å². The van der Waals surface area contributed by atoms with Crippen LogP contribution in [-0.4, -0.2) is 48.6 Å². The molecule has 22 heavy (non-hydrogen) atoms. The molecule has 1 aromatic rings. The van der Waals surface area contributed by atoms with E-state index in [4.69, 9.17) is 5.11 Å². The summed E-state index contributed by atoms with van der Waals surface area (Å²) in [5.74, 6) is -5.21. The van der Waals surface area contributed by atoms with Crippen molar-refractivity contribution in [1.82, 2.24) is 4.90 Å². The maximum Gasteiger partial charge on any atom is 0.341 e. The largest absolute Gasteiger partial charge is 0.480 e. The quantitative estimate of drug-likeness (QED) is 0.898. The van der Waals surface area contributed by atoms with Gasteiger partial charge in [-0.2, -0.15) is 8.78 Å². The molecular weight excluding hydrogens is 320 g/mol. The second-order valence-corrected chi connectivity index (χ2v) is 6.74. The number of likely N-dealkylation sites (tertiary alicyclic amines) is 1. The van der Waals surface area contributed by atoms with Crippen LogP contribution in [0.25, 0.3) is 0 Å². The predicted molar refractivity (Wildman–Crippen MR) is 71.3 cm³/mol. The van der Waals surface area contributed by atoms with E-state index in [1.54, 1.807) is 0 Å². The third kappa shape index (κ3) is 2.94. The molecule has 1 heterocycles. The van der Waals surface area contributed by atoms with E-state index in [1.807, 2.05) is 0 Å². The summed E-state index contributed by atoms with van der Waals surface area (Å²) in [5.41, 5.74) is 0.0568. The number of carbonyl (C=O) groups is 2. The van der Waals surface area contributed by atoms with Crippen LogP contribution in [0.3, 0.4) is 0 Å². The van der Waals surface area contributed by atoms with Crippen LogP contribution in [0.2, 0.25) is 0 Å². The number of aliphatic carboxylic acids is 1. The Balaban J connectivity index is 2.24. The summed E-state index contributed by atoms with van der Waals surface area (Å²) in [6.45, 7) is 0.285. The molecular formula is C13H13F2NO5S. The highest BCUT2D eigenvalue weighted by Gasteiger charge is 2.34. The van der Waals surface area contributed by atoms with E-state index in [2.05, 4.69) is 0 Å². The number of hydrogen-bond donors (Lipinski definition) is 1. The summed E-state index contributed by atoms with van der Waals surface area (Å²) in [5, 5.41) is 9.03. The van der Waals surface area contributed by atoms with Gasteiger partial charge in [-0.1, -0.05) is 0 Å². The smallest absolute Gasteiger partial charge is 0.341 e. The van der Waals surface area contributed by atoms with E-state index in [0.717, 1.165) is 24.3 Å². The van der Waals surface area contributed by atoms with Crippen LogP contribution in [0, 0.1) is 0 Å². The van der Waals surface area contributed by atoms with Crippen molar-refractivity contribution in [1.29, 1.82) is 0 Å². The molecule has 1 aromatic carbocycles. The minimum atomic E-state index is -4.71. The molecule has 1 aliphatic heterocycles. The zero-order valence-electron chi connectivity index (χ0n) is 11.3. The van der Waals surface area contributed by atoms with Crippen molar-refractivity contribution in [3.8, 4) is 0 Å². The fraction of sp³-hybridized carbons (Fsp3) is 0.385. The van der Waals surface area contributed by atoms with Gasteiger partial charge in [-0.15, -0.1) is 0 Å². The molecule has 0 radical (unpaired) electrons. The number of nitrogens with zero attached hydrogens (tertiary/aromatic N) is 1. The first-order valence-electron chi connectivity index (χ1n) is 6.41. The molecule has 0 saturated carbocycles. The Hall–Kier alpha value is -2.03. The van der Waals surface area contributed by atoms with E-state index in [9.17, 15) is 26.8 Å². The molecule has 0 aromatic heterocycles. The fourth-order valence-corrected chi connectivity index (χ4v) is 3.04. The fourth-order valence-electron chi connectivity index (χ4n) is 2.32. The van der Waals surface area contributed by atoms with Gasteiger partial charge in [0, 0.05) is 12.1 Å². The van der Waals surface area contributed by atoms with Gasteiger partial charge in [-0.05, 0) is 37.1 Å². The maximum atomic E-state index is 12.4. The molecule has 120 valence electrons. The molecule has 1 N–H and O–H groups in total. The SMILES string of the molecule is O=C(O)[C@@H]1CCCN1C(=O)c1ccc(S(=O)(=O)C(F)F)cc1. The molecule has 0 aliphatic carbocycles. The van der Waals surface area contributed by atoms with Gasteiger partial charge < -0.3 is 10.0 Å². The van der Waals surface area contributed by atoms with Gasteiger partial charge in [-0.25, -0.2) is 13.2 Å². The Bertz CT molecular complexity index is 687. The van der Waals surface area contributed by atoms with Gasteiger partial charge >= 0.3 is 11.7 Å². The average Bonchev–Trinajstić information content (AvgIpc) is 2.96. The van der Waals surface area contributed by atoms with Gasteiger partial charge in [0.1, 0.15) is 6.04 Å². The molecule has 1 saturated heterocycles. The second-order valence-electron chi connectivity index (χ2n) is 4.82. The number of carboxylic acids is 1. The minimum absolute atomic E-state index is 0.0568. The first-order chi connectivity index (χ1) is 10.2. The van der Waals surface area contributed by atoms with Crippen LogP contribution in [0.1, 0.15) is 23.2 Å². The number of sulfone groups is 1. The first kappa shape index (κ1) is 16.3. The standard InChI is InChI=1S/C13H13F2NO5S/c14-13(15)22(20,21)9-5-3-8(4-6-9)11(17)16-7-1-2-10(16)12(18)19/h3-6,10,13H,1-2,7H2,(H,18,19)/t10-/m0/s1. The van der Waals surface area contributed by atoms with Gasteiger partial charge in [0.2, 0.25) is 9.84 Å². The Kier molecular flexibility index (Phi) is 4.45. The van der Waals surface area contributed by atoms with Crippen LogP contribution < -0.4 is 0 Å². The Morgan fingerprint density at radius 2 is 1.82 bits per heavy atom. The molecule has 1 fully saturated rings. The van der Waals surface area contributed by atoms with E-state index in [0.29, 0.717) is 12.8 Å². The molecule has 0 unspecified atom stereocenters. The van der Waals surface area contributed by atoms with E-state index < -0.39 is 38.4 Å². The molecule has 1 atom stereocenters. The summed E-state index contributed by atoms with van der Waals surface area (Å²) in [7, 11) is -4.71. The number of amides is 1. The first-order valence-corrected chi connectivity index (χ1v) is 7.95. The Labute approximate surface area is 125 Å². The second kappa shape index (κ2) is 5.99. The summed E-state index contributed by atoms with van der Waals surface area (Å²) in [6.07, 6.45) is 0.902. The molecule has 1 aliphatic rings. The van der Waals surface area contributed by atoms with Crippen molar-refractivity contribution in [2.75, 3.05) is 6.54 Å². The van der Waals surface area contributed by atoms with Crippen molar-refractivity contribution in [2.24, 2.45) is 0 Å². The van der Waals surface area contributed by atoms with Gasteiger partial charge in [0.25, 0.3) is 5.91 Å². The van der Waals surface area contributed by atoms with Gasteiger partial charge in [-0.3, -0.25) is 4.79 Å². The molecule has 6 nitrogen and oxygen atoms in total. The van der Waals surface area contributed by atoms with Crippen molar-refractivity contribution >= 4 is 21.7 Å². The number of rotatable bonds is 4. The zero-order valence-corrected chi connectivity index (χ0v) is 12.1. The maximum absolute atomic E-state index is 12.4. The van der Waals surface area contributed by atoms with E-state index in [1.165, 1.54) is 4.90 Å². The lowest BCUT2D eigenvalue weighted by molar-refractivity contribution is -0.141. The third-order valence-corrected chi connectivity index (χ3v) is 4.86. The Morgan fingerprint density at radius 1 is 1.23 bits per heavy atom.